The highest BCUT2D eigenvalue weighted by molar-refractivity contribution is 5.93. The lowest BCUT2D eigenvalue weighted by Crippen LogP contribution is -2.24. The van der Waals surface area contributed by atoms with E-state index in [2.05, 4.69) is 53.0 Å². The zero-order valence-electron chi connectivity index (χ0n) is 18.5. The van der Waals surface area contributed by atoms with Crippen LogP contribution in [0, 0.1) is 13.8 Å². The minimum atomic E-state index is -0.131. The third kappa shape index (κ3) is 4.97. The third-order valence-electron chi connectivity index (χ3n) is 5.51. The number of hydrogen-bond acceptors (Lipinski definition) is 4. The van der Waals surface area contributed by atoms with Gasteiger partial charge in [-0.3, -0.25) is 9.78 Å². The molecule has 0 unspecified atom stereocenters. The minimum Gasteiger partial charge on any atom is -0.493 e. The van der Waals surface area contributed by atoms with Gasteiger partial charge in [-0.15, -0.1) is 0 Å². The van der Waals surface area contributed by atoms with E-state index in [-0.39, 0.29) is 5.91 Å². The van der Waals surface area contributed by atoms with Crippen molar-refractivity contribution >= 4 is 16.9 Å². The summed E-state index contributed by atoms with van der Waals surface area (Å²) in [6.07, 6.45) is 5.12. The second-order valence-corrected chi connectivity index (χ2v) is 7.86. The largest absolute Gasteiger partial charge is 0.493 e. The number of carbonyl (C=O) groups is 1. The van der Waals surface area contributed by atoms with Crippen LogP contribution in [0.1, 0.15) is 40.2 Å². The van der Waals surface area contributed by atoms with Crippen LogP contribution in [0.15, 0.2) is 67.0 Å². The minimum absolute atomic E-state index is 0.131. The van der Waals surface area contributed by atoms with Crippen molar-refractivity contribution < 1.29 is 9.53 Å². The predicted octanol–water partition coefficient (Wildman–Crippen LogP) is 4.84. The van der Waals surface area contributed by atoms with Gasteiger partial charge in [-0.1, -0.05) is 30.3 Å². The number of unbranched alkanes of at least 4 members (excludes halogenated alkanes) is 1. The van der Waals surface area contributed by atoms with Crippen LogP contribution >= 0.6 is 0 Å². The summed E-state index contributed by atoms with van der Waals surface area (Å²) in [7, 11) is 0. The Morgan fingerprint density at radius 3 is 2.50 bits per heavy atom. The quantitative estimate of drug-likeness (QED) is 0.388. The van der Waals surface area contributed by atoms with Crippen LogP contribution in [-0.4, -0.2) is 27.0 Å². The Morgan fingerprint density at radius 2 is 1.72 bits per heavy atom. The van der Waals surface area contributed by atoms with Gasteiger partial charge in [-0.05, 0) is 62.1 Å². The number of benzene rings is 2. The number of fused-ring (bicyclic) bond motifs is 1. The maximum absolute atomic E-state index is 12.4. The van der Waals surface area contributed by atoms with Gasteiger partial charge < -0.3 is 14.6 Å². The SMILES string of the molecule is Cc1cccc(C)c1OCCCCn1c(CNC(=O)c2ccncc2)nc2ccccc21. The molecule has 0 saturated heterocycles. The van der Waals surface area contributed by atoms with Crippen molar-refractivity contribution in [1.82, 2.24) is 19.9 Å². The van der Waals surface area contributed by atoms with E-state index >= 15 is 0 Å². The fraction of sp³-hybridized carbons (Fsp3) is 0.269. The molecule has 6 heteroatoms. The third-order valence-corrected chi connectivity index (χ3v) is 5.51. The Labute approximate surface area is 188 Å². The summed E-state index contributed by atoms with van der Waals surface area (Å²) in [6.45, 7) is 6.01. The number of rotatable bonds is 9. The van der Waals surface area contributed by atoms with Crippen LogP contribution in [0.5, 0.6) is 5.75 Å². The molecule has 6 nitrogen and oxygen atoms in total. The van der Waals surface area contributed by atoms with Crippen molar-refractivity contribution in [2.45, 2.75) is 39.8 Å². The number of ether oxygens (including phenoxy) is 1. The first-order valence-corrected chi connectivity index (χ1v) is 10.9. The monoisotopic (exact) mass is 428 g/mol. The maximum atomic E-state index is 12.4. The second-order valence-electron chi connectivity index (χ2n) is 7.86. The molecule has 0 aliphatic rings. The van der Waals surface area contributed by atoms with Crippen molar-refractivity contribution in [2.75, 3.05) is 6.61 Å². The molecule has 2 aromatic carbocycles. The zero-order valence-corrected chi connectivity index (χ0v) is 18.5. The number of aromatic nitrogens is 3. The molecule has 0 atom stereocenters. The summed E-state index contributed by atoms with van der Waals surface area (Å²) in [5.74, 6) is 1.71. The van der Waals surface area contributed by atoms with E-state index in [9.17, 15) is 4.79 Å². The summed E-state index contributed by atoms with van der Waals surface area (Å²) in [4.78, 5) is 21.2. The highest BCUT2D eigenvalue weighted by atomic mass is 16.5. The normalized spacial score (nSPS) is 10.9. The number of pyridine rings is 1. The molecule has 0 aliphatic carbocycles. The molecule has 0 spiro atoms. The highest BCUT2D eigenvalue weighted by Gasteiger charge is 2.12. The van der Waals surface area contributed by atoms with Gasteiger partial charge in [0.05, 0.1) is 24.2 Å². The number of hydrogen-bond donors (Lipinski definition) is 1. The number of nitrogens with one attached hydrogen (secondary N) is 1. The van der Waals surface area contributed by atoms with Crippen molar-refractivity contribution in [3.63, 3.8) is 0 Å². The molecule has 4 rings (SSSR count). The van der Waals surface area contributed by atoms with Crippen molar-refractivity contribution in [1.29, 1.82) is 0 Å². The zero-order chi connectivity index (χ0) is 22.3. The standard InChI is InChI=1S/C26H28N4O2/c1-19-8-7-9-20(2)25(19)32-17-6-5-16-30-23-11-4-3-10-22(23)29-24(30)18-28-26(31)21-12-14-27-15-13-21/h3-4,7-15H,5-6,16-18H2,1-2H3,(H,28,31). The van der Waals surface area contributed by atoms with Crippen LogP contribution in [0.3, 0.4) is 0 Å². The number of para-hydroxylation sites is 3. The number of nitrogens with zero attached hydrogens (tertiary/aromatic N) is 3. The van der Waals surface area contributed by atoms with Crippen molar-refractivity contribution in [3.8, 4) is 5.75 Å². The maximum Gasteiger partial charge on any atom is 0.251 e. The van der Waals surface area contributed by atoms with Crippen LogP contribution in [0.4, 0.5) is 0 Å². The molecule has 2 aromatic heterocycles. The first kappa shape index (κ1) is 21.6. The molecule has 0 aliphatic heterocycles. The Kier molecular flexibility index (Phi) is 6.80. The van der Waals surface area contributed by atoms with Gasteiger partial charge in [-0.2, -0.15) is 0 Å². The van der Waals surface area contributed by atoms with E-state index in [0.29, 0.717) is 18.7 Å². The average Bonchev–Trinajstić information content (AvgIpc) is 3.17. The Hall–Kier alpha value is -3.67. The number of amides is 1. The van der Waals surface area contributed by atoms with Gasteiger partial charge in [-0.25, -0.2) is 4.98 Å². The fourth-order valence-corrected chi connectivity index (χ4v) is 3.85. The summed E-state index contributed by atoms with van der Waals surface area (Å²) in [6, 6.07) is 17.7. The lowest BCUT2D eigenvalue weighted by Gasteiger charge is -2.13. The molecule has 0 radical (unpaired) electrons. The Morgan fingerprint density at radius 1 is 0.969 bits per heavy atom. The fourth-order valence-electron chi connectivity index (χ4n) is 3.85. The van der Waals surface area contributed by atoms with Gasteiger partial charge in [0.1, 0.15) is 11.6 Å². The lowest BCUT2D eigenvalue weighted by molar-refractivity contribution is 0.0949. The molecule has 0 bridgehead atoms. The predicted molar refractivity (Wildman–Crippen MR) is 126 cm³/mol. The van der Waals surface area contributed by atoms with E-state index in [4.69, 9.17) is 9.72 Å². The Bertz CT molecular complexity index is 1180. The van der Waals surface area contributed by atoms with E-state index < -0.39 is 0 Å². The molecule has 32 heavy (non-hydrogen) atoms. The second kappa shape index (κ2) is 10.1. The molecule has 164 valence electrons. The molecule has 4 aromatic rings. The van der Waals surface area contributed by atoms with Crippen molar-refractivity contribution in [2.24, 2.45) is 0 Å². The van der Waals surface area contributed by atoms with Gasteiger partial charge in [0.25, 0.3) is 5.91 Å². The van der Waals surface area contributed by atoms with Gasteiger partial charge in [0.2, 0.25) is 0 Å². The molecule has 1 N–H and O–H groups in total. The summed E-state index contributed by atoms with van der Waals surface area (Å²) in [5, 5.41) is 2.98. The van der Waals surface area contributed by atoms with E-state index in [1.54, 1.807) is 24.5 Å². The molecule has 0 saturated carbocycles. The summed E-state index contributed by atoms with van der Waals surface area (Å²) in [5.41, 5.74) is 4.94. The van der Waals surface area contributed by atoms with Gasteiger partial charge in [0.15, 0.2) is 0 Å². The summed E-state index contributed by atoms with van der Waals surface area (Å²) >= 11 is 0. The van der Waals surface area contributed by atoms with Crippen molar-refractivity contribution in [3.05, 3.63) is 89.5 Å². The first-order valence-electron chi connectivity index (χ1n) is 10.9. The molecule has 0 fully saturated rings. The average molecular weight is 429 g/mol. The number of imidazole rings is 1. The van der Waals surface area contributed by atoms with Crippen LogP contribution in [-0.2, 0) is 13.1 Å². The van der Waals surface area contributed by atoms with Crippen LogP contribution in [0.2, 0.25) is 0 Å². The van der Waals surface area contributed by atoms with E-state index in [1.807, 2.05) is 18.2 Å². The highest BCUT2D eigenvalue weighted by Crippen LogP contribution is 2.23. The van der Waals surface area contributed by atoms with Gasteiger partial charge >= 0.3 is 0 Å². The first-order chi connectivity index (χ1) is 15.6. The van der Waals surface area contributed by atoms with Crippen LogP contribution in [0.25, 0.3) is 11.0 Å². The molecule has 2 heterocycles. The molecule has 1 amide bonds. The Balaban J connectivity index is 1.38. The smallest absolute Gasteiger partial charge is 0.251 e. The van der Waals surface area contributed by atoms with E-state index in [1.165, 1.54) is 0 Å². The summed E-state index contributed by atoms with van der Waals surface area (Å²) < 4.78 is 8.24. The van der Waals surface area contributed by atoms with E-state index in [0.717, 1.165) is 53.1 Å². The topological polar surface area (TPSA) is 69.0 Å². The van der Waals surface area contributed by atoms with Gasteiger partial charge in [0, 0.05) is 24.5 Å². The number of aryl methyl sites for hydroxylation is 3. The number of carbonyl (C=O) groups excluding carboxylic acids is 1. The molecular weight excluding hydrogens is 400 g/mol. The molecular formula is C26H28N4O2. The van der Waals surface area contributed by atoms with Crippen LogP contribution < -0.4 is 10.1 Å². The lowest BCUT2D eigenvalue weighted by atomic mass is 10.1.